The molecule has 1 atom stereocenters. The molecule has 0 aliphatic heterocycles. The van der Waals surface area contributed by atoms with Crippen molar-refractivity contribution < 1.29 is 26.7 Å². The van der Waals surface area contributed by atoms with Gasteiger partial charge in [-0.2, -0.15) is 8.42 Å². The predicted octanol–water partition coefficient (Wildman–Crippen LogP) is 2.50. The maximum atomic E-state index is 11.3. The summed E-state index contributed by atoms with van der Waals surface area (Å²) in [5.41, 5.74) is 0. The van der Waals surface area contributed by atoms with Gasteiger partial charge in [0.05, 0.1) is 6.61 Å². The Hall–Kier alpha value is 0.340. The van der Waals surface area contributed by atoms with Gasteiger partial charge in [0.2, 0.25) is 0 Å². The molecule has 0 aromatic carbocycles. The summed E-state index contributed by atoms with van der Waals surface area (Å²) in [4.78, 5) is 11.3. The van der Waals surface area contributed by atoms with Crippen LogP contribution in [0.25, 0.3) is 0 Å². The second-order valence-electron chi connectivity index (χ2n) is 4.81. The van der Waals surface area contributed by atoms with E-state index in [1.807, 2.05) is 0 Å². The van der Waals surface area contributed by atoms with Gasteiger partial charge in [-0.1, -0.05) is 51.9 Å². The molecule has 21 heavy (non-hydrogen) atoms. The molecule has 0 rings (SSSR count). The first-order valence-corrected chi connectivity index (χ1v) is 8.55. The van der Waals surface area contributed by atoms with Crippen LogP contribution in [0, 0.1) is 0 Å². The van der Waals surface area contributed by atoms with Crippen LogP contribution in [0.3, 0.4) is 0 Å². The molecular weight excluding hydrogens is 307 g/mol. The van der Waals surface area contributed by atoms with E-state index in [0.29, 0.717) is 0 Å². The van der Waals surface area contributed by atoms with Gasteiger partial charge in [-0.05, 0) is 13.3 Å². The van der Waals surface area contributed by atoms with Crippen molar-refractivity contribution in [1.82, 2.24) is 0 Å². The Balaban J connectivity index is 0. The van der Waals surface area contributed by atoms with E-state index in [0.717, 1.165) is 19.3 Å². The molecule has 0 aliphatic rings. The maximum absolute atomic E-state index is 11.3. The zero-order chi connectivity index (χ0) is 15.4. The standard InChI is InChI=1S/C13H26O6S.Na/c1-3-4-5-6-7-8-9-10-11-18-13(14)12(2)19-20(15,16)17;/h12H,3-11H2,1-2H3,(H,15,16,17);. The summed E-state index contributed by atoms with van der Waals surface area (Å²) in [6, 6.07) is 0. The normalized spacial score (nSPS) is 12.5. The minimum Gasteiger partial charge on any atom is -0.464 e. The van der Waals surface area contributed by atoms with E-state index < -0.39 is 22.5 Å². The van der Waals surface area contributed by atoms with E-state index in [1.165, 1.54) is 39.0 Å². The Labute approximate surface area is 150 Å². The quantitative estimate of drug-likeness (QED) is 0.255. The molecule has 0 saturated heterocycles. The Bertz CT molecular complexity index is 358. The number of rotatable bonds is 12. The van der Waals surface area contributed by atoms with Crippen LogP contribution in [0.2, 0.25) is 0 Å². The first-order chi connectivity index (χ1) is 9.37. The predicted molar refractivity (Wildman–Crippen MR) is 81.4 cm³/mol. The van der Waals surface area contributed by atoms with Crippen LogP contribution in [-0.4, -0.2) is 61.2 Å². The van der Waals surface area contributed by atoms with Gasteiger partial charge in [-0.15, -0.1) is 0 Å². The monoisotopic (exact) mass is 333 g/mol. The third-order valence-corrected chi connectivity index (χ3v) is 3.37. The number of unbranched alkanes of at least 4 members (excludes halogenated alkanes) is 7. The molecule has 0 heterocycles. The SMILES string of the molecule is CCCCCCCCCCOC(=O)C(C)OS(=O)(=O)O.[Na]. The van der Waals surface area contributed by atoms with Crippen molar-refractivity contribution in [1.29, 1.82) is 0 Å². The van der Waals surface area contributed by atoms with Crippen molar-refractivity contribution >= 4 is 45.9 Å². The molecule has 0 amide bonds. The van der Waals surface area contributed by atoms with E-state index in [2.05, 4.69) is 11.1 Å². The first-order valence-electron chi connectivity index (χ1n) is 7.19. The van der Waals surface area contributed by atoms with Crippen molar-refractivity contribution in [3.05, 3.63) is 0 Å². The van der Waals surface area contributed by atoms with Gasteiger partial charge in [0, 0.05) is 29.6 Å². The summed E-state index contributed by atoms with van der Waals surface area (Å²) in [7, 11) is -4.62. The van der Waals surface area contributed by atoms with Gasteiger partial charge < -0.3 is 4.74 Å². The van der Waals surface area contributed by atoms with Crippen LogP contribution in [-0.2, 0) is 24.1 Å². The third-order valence-electron chi connectivity index (χ3n) is 2.84. The fourth-order valence-corrected chi connectivity index (χ4v) is 2.19. The molecule has 0 saturated carbocycles. The Kier molecular flexibility index (Phi) is 15.7. The molecule has 1 N–H and O–H groups in total. The van der Waals surface area contributed by atoms with Crippen molar-refractivity contribution in [2.45, 2.75) is 71.3 Å². The molecule has 0 bridgehead atoms. The van der Waals surface area contributed by atoms with E-state index in [9.17, 15) is 13.2 Å². The Morgan fingerprint density at radius 3 is 2.00 bits per heavy atom. The average molecular weight is 333 g/mol. The van der Waals surface area contributed by atoms with Crippen LogP contribution >= 0.6 is 0 Å². The largest absolute Gasteiger partial charge is 0.464 e. The molecule has 0 aliphatic carbocycles. The Morgan fingerprint density at radius 2 is 1.52 bits per heavy atom. The first kappa shape index (κ1) is 23.6. The molecule has 1 radical (unpaired) electrons. The number of hydrogen-bond donors (Lipinski definition) is 1. The minimum atomic E-state index is -4.62. The van der Waals surface area contributed by atoms with Crippen LogP contribution in [0.5, 0.6) is 0 Å². The van der Waals surface area contributed by atoms with Crippen molar-refractivity contribution in [3.8, 4) is 0 Å². The molecule has 0 fully saturated rings. The zero-order valence-electron chi connectivity index (χ0n) is 13.3. The molecule has 8 heteroatoms. The van der Waals surface area contributed by atoms with E-state index in [4.69, 9.17) is 9.29 Å². The molecule has 0 aromatic rings. The smallest absolute Gasteiger partial charge is 0.398 e. The van der Waals surface area contributed by atoms with Crippen molar-refractivity contribution in [3.63, 3.8) is 0 Å². The van der Waals surface area contributed by atoms with E-state index in [1.54, 1.807) is 0 Å². The molecule has 121 valence electrons. The van der Waals surface area contributed by atoms with Crippen molar-refractivity contribution in [2.24, 2.45) is 0 Å². The Morgan fingerprint density at radius 1 is 1.05 bits per heavy atom. The maximum Gasteiger partial charge on any atom is 0.398 e. The molecule has 1 unspecified atom stereocenters. The van der Waals surface area contributed by atoms with Crippen LogP contribution in [0.1, 0.15) is 65.2 Å². The van der Waals surface area contributed by atoms with Crippen LogP contribution in [0.4, 0.5) is 0 Å². The van der Waals surface area contributed by atoms with Crippen LogP contribution in [0.15, 0.2) is 0 Å². The molecule has 0 spiro atoms. The molecule has 6 nitrogen and oxygen atoms in total. The fourth-order valence-electron chi connectivity index (χ4n) is 1.75. The van der Waals surface area contributed by atoms with Crippen LogP contribution < -0.4 is 0 Å². The van der Waals surface area contributed by atoms with Gasteiger partial charge in [0.25, 0.3) is 0 Å². The van der Waals surface area contributed by atoms with Gasteiger partial charge in [0.1, 0.15) is 0 Å². The number of ether oxygens (including phenoxy) is 1. The average Bonchev–Trinajstić information content (AvgIpc) is 2.34. The summed E-state index contributed by atoms with van der Waals surface area (Å²) in [6.07, 6.45) is 7.74. The van der Waals surface area contributed by atoms with E-state index in [-0.39, 0.29) is 36.2 Å². The summed E-state index contributed by atoms with van der Waals surface area (Å²) in [6.45, 7) is 3.64. The number of carbonyl (C=O) groups excluding carboxylic acids is 1. The van der Waals surface area contributed by atoms with Gasteiger partial charge in [-0.3, -0.25) is 4.55 Å². The summed E-state index contributed by atoms with van der Waals surface area (Å²) < 4.78 is 38.1. The van der Waals surface area contributed by atoms with Gasteiger partial charge in [0.15, 0.2) is 6.10 Å². The van der Waals surface area contributed by atoms with Crippen molar-refractivity contribution in [2.75, 3.05) is 6.61 Å². The number of hydrogen-bond acceptors (Lipinski definition) is 5. The number of carbonyl (C=O) groups is 1. The zero-order valence-corrected chi connectivity index (χ0v) is 16.2. The molecule has 0 aromatic heterocycles. The number of esters is 1. The second-order valence-corrected chi connectivity index (χ2v) is 5.86. The minimum absolute atomic E-state index is 0. The summed E-state index contributed by atoms with van der Waals surface area (Å²) in [5.74, 6) is -0.787. The molecular formula is C13H26NaO6S. The summed E-state index contributed by atoms with van der Waals surface area (Å²) in [5, 5.41) is 0. The second kappa shape index (κ2) is 14.0. The summed E-state index contributed by atoms with van der Waals surface area (Å²) >= 11 is 0. The van der Waals surface area contributed by atoms with E-state index >= 15 is 0 Å². The third kappa shape index (κ3) is 16.5. The van der Waals surface area contributed by atoms with Gasteiger partial charge >= 0.3 is 16.4 Å². The fraction of sp³-hybridized carbons (Fsp3) is 0.923. The van der Waals surface area contributed by atoms with Gasteiger partial charge in [-0.25, -0.2) is 8.98 Å². The topological polar surface area (TPSA) is 89.9 Å².